The van der Waals surface area contributed by atoms with E-state index in [2.05, 4.69) is 42.6 Å². The van der Waals surface area contributed by atoms with Crippen LogP contribution in [0.4, 0.5) is 0 Å². The Labute approximate surface area is 200 Å². The summed E-state index contributed by atoms with van der Waals surface area (Å²) in [4.78, 5) is 9.74. The molecule has 0 bridgehead atoms. The summed E-state index contributed by atoms with van der Waals surface area (Å²) in [6.45, 7) is 5.37. The molecule has 0 aliphatic carbocycles. The number of aryl methyl sites for hydroxylation is 1. The summed E-state index contributed by atoms with van der Waals surface area (Å²) in [5.74, 6) is 1.11. The van der Waals surface area contributed by atoms with Crippen LogP contribution in [0.3, 0.4) is 0 Å². The molecular formula is C28H30N4O2. The number of hydrogen-bond acceptors (Lipinski definition) is 6. The van der Waals surface area contributed by atoms with E-state index in [-0.39, 0.29) is 0 Å². The van der Waals surface area contributed by atoms with Gasteiger partial charge in [-0.3, -0.25) is 0 Å². The maximum atomic E-state index is 6.12. The molecule has 3 N–H and O–H groups in total. The number of nitrogens with one attached hydrogen (secondary N) is 1. The van der Waals surface area contributed by atoms with Gasteiger partial charge in [0, 0.05) is 23.2 Å². The molecular weight excluding hydrogens is 424 g/mol. The molecule has 1 saturated heterocycles. The van der Waals surface area contributed by atoms with Gasteiger partial charge in [0.05, 0.1) is 31.0 Å². The van der Waals surface area contributed by atoms with Crippen LogP contribution in [0.2, 0.25) is 0 Å². The van der Waals surface area contributed by atoms with Crippen LogP contribution in [0.1, 0.15) is 24.0 Å². The summed E-state index contributed by atoms with van der Waals surface area (Å²) in [6.07, 6.45) is 7.45. The first-order valence-corrected chi connectivity index (χ1v) is 11.8. The van der Waals surface area contributed by atoms with Crippen LogP contribution in [0.25, 0.3) is 33.6 Å². The van der Waals surface area contributed by atoms with Crippen LogP contribution < -0.4 is 15.8 Å². The lowest BCUT2D eigenvalue weighted by Crippen LogP contribution is -2.30. The quantitative estimate of drug-likeness (QED) is 0.398. The lowest BCUT2D eigenvalue weighted by atomic mass is 9.97. The largest absolute Gasteiger partial charge is 0.476 e. The zero-order valence-electron chi connectivity index (χ0n) is 19.5. The van der Waals surface area contributed by atoms with E-state index in [4.69, 9.17) is 24.9 Å². The fourth-order valence-electron chi connectivity index (χ4n) is 4.46. The Balaban J connectivity index is 1.50. The number of aromatic nitrogens is 2. The topological polar surface area (TPSA) is 86.2 Å². The molecule has 6 nitrogen and oxygen atoms in total. The molecule has 3 heterocycles. The first kappa shape index (κ1) is 22.3. The van der Waals surface area contributed by atoms with Crippen molar-refractivity contribution in [1.82, 2.24) is 15.3 Å². The number of ether oxygens (including phenoxy) is 1. The molecule has 2 aromatic heterocycles. The van der Waals surface area contributed by atoms with Gasteiger partial charge in [-0.15, -0.1) is 0 Å². The Kier molecular flexibility index (Phi) is 6.70. The summed E-state index contributed by atoms with van der Waals surface area (Å²) < 4.78 is 11.4. The Bertz CT molecular complexity index is 1230. The SMILES string of the molecule is Cc1cc(-c2nc(OCC3CCNCC3)cnc2-c2ccc(CN)cc2)ccc1-c1ccoc1. The molecule has 0 amide bonds. The lowest BCUT2D eigenvalue weighted by Gasteiger charge is -2.22. The van der Waals surface area contributed by atoms with Crippen LogP contribution in [0.15, 0.2) is 71.7 Å². The molecule has 2 aromatic carbocycles. The van der Waals surface area contributed by atoms with Gasteiger partial charge in [0.1, 0.15) is 5.69 Å². The molecule has 34 heavy (non-hydrogen) atoms. The predicted octanol–water partition coefficient (Wildman–Crippen LogP) is 5.22. The summed E-state index contributed by atoms with van der Waals surface area (Å²) in [7, 11) is 0. The molecule has 1 fully saturated rings. The van der Waals surface area contributed by atoms with E-state index in [0.29, 0.717) is 24.9 Å². The second kappa shape index (κ2) is 10.2. The molecule has 0 radical (unpaired) electrons. The van der Waals surface area contributed by atoms with Gasteiger partial charge in [-0.1, -0.05) is 36.4 Å². The van der Waals surface area contributed by atoms with E-state index in [1.807, 2.05) is 18.2 Å². The van der Waals surface area contributed by atoms with Crippen molar-refractivity contribution in [3.05, 3.63) is 78.4 Å². The average Bonchev–Trinajstić information content (AvgIpc) is 3.43. The minimum absolute atomic E-state index is 0.511. The summed E-state index contributed by atoms with van der Waals surface area (Å²) in [5, 5.41) is 3.40. The molecule has 4 aromatic rings. The number of nitrogens with zero attached hydrogens (tertiary/aromatic N) is 2. The van der Waals surface area contributed by atoms with Gasteiger partial charge < -0.3 is 20.2 Å². The van der Waals surface area contributed by atoms with E-state index >= 15 is 0 Å². The van der Waals surface area contributed by atoms with Crippen molar-refractivity contribution < 1.29 is 9.15 Å². The van der Waals surface area contributed by atoms with Gasteiger partial charge in [-0.25, -0.2) is 9.97 Å². The molecule has 174 valence electrons. The zero-order valence-corrected chi connectivity index (χ0v) is 19.5. The lowest BCUT2D eigenvalue weighted by molar-refractivity contribution is 0.208. The van der Waals surface area contributed by atoms with Gasteiger partial charge in [-0.05, 0) is 67.6 Å². The minimum Gasteiger partial charge on any atom is -0.476 e. The third-order valence-corrected chi connectivity index (χ3v) is 6.47. The normalized spacial score (nSPS) is 14.3. The molecule has 1 aliphatic heterocycles. The minimum atomic E-state index is 0.511. The molecule has 1 aliphatic rings. The van der Waals surface area contributed by atoms with Crippen molar-refractivity contribution in [3.63, 3.8) is 0 Å². The highest BCUT2D eigenvalue weighted by atomic mass is 16.5. The van der Waals surface area contributed by atoms with Gasteiger partial charge in [0.15, 0.2) is 0 Å². The number of nitrogens with two attached hydrogens (primary N) is 1. The summed E-state index contributed by atoms with van der Waals surface area (Å²) >= 11 is 0. The molecule has 0 atom stereocenters. The summed E-state index contributed by atoms with van der Waals surface area (Å²) in [5.41, 5.74) is 13.9. The van der Waals surface area contributed by atoms with Crippen molar-refractivity contribution in [1.29, 1.82) is 0 Å². The number of benzene rings is 2. The Morgan fingerprint density at radius 2 is 1.79 bits per heavy atom. The van der Waals surface area contributed by atoms with Crippen LogP contribution in [-0.2, 0) is 6.54 Å². The standard InChI is InChI=1S/C28H30N4O2/c1-19-14-23(6-7-25(19)24-10-13-33-18-24)28-27(22-4-2-20(15-29)3-5-22)31-16-26(32-28)34-17-21-8-11-30-12-9-21/h2-7,10,13-14,16,18,21,30H,8-9,11-12,15,17,29H2,1H3. The van der Waals surface area contributed by atoms with Crippen molar-refractivity contribution in [2.45, 2.75) is 26.3 Å². The van der Waals surface area contributed by atoms with Crippen molar-refractivity contribution in [2.75, 3.05) is 19.7 Å². The molecule has 0 saturated carbocycles. The van der Waals surface area contributed by atoms with Crippen molar-refractivity contribution in [2.24, 2.45) is 11.7 Å². The fourth-order valence-corrected chi connectivity index (χ4v) is 4.46. The van der Waals surface area contributed by atoms with Crippen molar-refractivity contribution >= 4 is 0 Å². The third kappa shape index (κ3) is 4.88. The highest BCUT2D eigenvalue weighted by Crippen LogP contribution is 2.34. The second-order valence-corrected chi connectivity index (χ2v) is 8.85. The Morgan fingerprint density at radius 3 is 2.50 bits per heavy atom. The van der Waals surface area contributed by atoms with E-state index < -0.39 is 0 Å². The predicted molar refractivity (Wildman–Crippen MR) is 134 cm³/mol. The first-order valence-electron chi connectivity index (χ1n) is 11.8. The number of piperidine rings is 1. The molecule has 0 unspecified atom stereocenters. The zero-order chi connectivity index (χ0) is 23.3. The number of rotatable bonds is 7. The maximum Gasteiger partial charge on any atom is 0.232 e. The van der Waals surface area contributed by atoms with Crippen LogP contribution in [-0.4, -0.2) is 29.7 Å². The van der Waals surface area contributed by atoms with E-state index in [9.17, 15) is 0 Å². The number of hydrogen-bond donors (Lipinski definition) is 2. The second-order valence-electron chi connectivity index (χ2n) is 8.85. The highest BCUT2D eigenvalue weighted by Gasteiger charge is 2.17. The van der Waals surface area contributed by atoms with Gasteiger partial charge in [0.2, 0.25) is 5.88 Å². The fraction of sp³-hybridized carbons (Fsp3) is 0.286. The highest BCUT2D eigenvalue weighted by molar-refractivity contribution is 5.80. The van der Waals surface area contributed by atoms with Gasteiger partial charge in [0.25, 0.3) is 0 Å². The van der Waals surface area contributed by atoms with Gasteiger partial charge >= 0.3 is 0 Å². The van der Waals surface area contributed by atoms with E-state index in [0.717, 1.165) is 70.7 Å². The smallest absolute Gasteiger partial charge is 0.232 e. The van der Waals surface area contributed by atoms with Crippen LogP contribution in [0.5, 0.6) is 5.88 Å². The van der Waals surface area contributed by atoms with Crippen LogP contribution >= 0.6 is 0 Å². The monoisotopic (exact) mass is 454 g/mol. The van der Waals surface area contributed by atoms with Gasteiger partial charge in [-0.2, -0.15) is 0 Å². The molecule has 0 spiro atoms. The van der Waals surface area contributed by atoms with E-state index in [1.165, 1.54) is 0 Å². The first-order chi connectivity index (χ1) is 16.7. The van der Waals surface area contributed by atoms with E-state index in [1.54, 1.807) is 18.7 Å². The number of furan rings is 1. The molecule has 6 heteroatoms. The van der Waals surface area contributed by atoms with Crippen LogP contribution in [0, 0.1) is 12.8 Å². The third-order valence-electron chi connectivity index (χ3n) is 6.47. The Hall–Kier alpha value is -3.48. The summed E-state index contributed by atoms with van der Waals surface area (Å²) in [6, 6.07) is 16.5. The molecule has 5 rings (SSSR count). The Morgan fingerprint density at radius 1 is 1.00 bits per heavy atom. The van der Waals surface area contributed by atoms with Crippen molar-refractivity contribution in [3.8, 4) is 39.5 Å². The average molecular weight is 455 g/mol. The maximum absolute atomic E-state index is 6.12.